The van der Waals surface area contributed by atoms with Gasteiger partial charge in [-0.1, -0.05) is 107 Å². The summed E-state index contributed by atoms with van der Waals surface area (Å²) in [5.41, 5.74) is 34.4. The summed E-state index contributed by atoms with van der Waals surface area (Å²) in [7, 11) is 0. The molecule has 20 atom stereocenters. The first-order valence-corrected chi connectivity index (χ1v) is 43.5. The highest BCUT2D eigenvalue weighted by Crippen LogP contribution is 2.66. The molecule has 0 aromatic heterocycles. The number of rotatable bonds is 12. The molecular weight excluding hydrogens is 1460 g/mol. The van der Waals surface area contributed by atoms with Crippen molar-refractivity contribution >= 4 is 53.3 Å². The van der Waals surface area contributed by atoms with E-state index in [0.29, 0.717) is 104 Å². The first-order valence-electron chi connectivity index (χ1n) is 43.5. The number of aliphatic hydroxyl groups excluding tert-OH is 2. The Bertz CT molecular complexity index is 5170. The molecule has 12 aliphatic carbocycles. The average molecular weight is 1580 g/mol. The van der Waals surface area contributed by atoms with Crippen molar-refractivity contribution in [2.45, 2.75) is 225 Å². The third-order valence-corrected chi connectivity index (χ3v) is 32.6. The summed E-state index contributed by atoms with van der Waals surface area (Å²) < 4.78 is 0. The van der Waals surface area contributed by atoms with E-state index in [2.05, 4.69) is 58.9 Å². The fraction of sp³-hybridized carbons (Fsp3) is 0.485. The van der Waals surface area contributed by atoms with Crippen molar-refractivity contribution in [1.82, 2.24) is 0 Å². The summed E-state index contributed by atoms with van der Waals surface area (Å²) >= 11 is 0. The van der Waals surface area contributed by atoms with Crippen LogP contribution in [0.15, 0.2) is 151 Å². The second-order valence-corrected chi connectivity index (χ2v) is 38.3. The Kier molecular flexibility index (Phi) is 22.1. The van der Waals surface area contributed by atoms with Gasteiger partial charge in [0.25, 0.3) is 0 Å². The largest absolute Gasteiger partial charge is 0.478 e. The number of hydrogen-bond donors (Lipinski definition) is 8. The summed E-state index contributed by atoms with van der Waals surface area (Å²) in [6.45, 7) is 11.2. The van der Waals surface area contributed by atoms with E-state index in [4.69, 9.17) is 22.3 Å². The number of primary amides is 3. The van der Waals surface area contributed by atoms with Gasteiger partial charge >= 0.3 is 17.9 Å². The number of ketones is 2. The Hall–Kier alpha value is -9.64. The van der Waals surface area contributed by atoms with E-state index in [1.165, 1.54) is 52.6 Å². The van der Waals surface area contributed by atoms with Crippen LogP contribution in [-0.4, -0.2) is 84.9 Å². The van der Waals surface area contributed by atoms with E-state index >= 15 is 0 Å². The van der Waals surface area contributed by atoms with Gasteiger partial charge in [-0.15, -0.1) is 0 Å². The predicted octanol–water partition coefficient (Wildman–Crippen LogP) is 17.6. The molecule has 3 amide bonds. The van der Waals surface area contributed by atoms with E-state index in [1.807, 2.05) is 78.9 Å². The number of hydrogen-bond acceptors (Lipinski definition) is 10. The maximum absolute atomic E-state index is 13.5. The van der Waals surface area contributed by atoms with Gasteiger partial charge in [0.1, 0.15) is 5.78 Å². The molecule has 0 bridgehead atoms. The SMILES string of the molecule is CCc1ccc2c(c1)CC[C@@H]1[C@@H]2CC[C@]2(C)[C@@H](O)[C@@H](Cc3cccc(C(N)=O)c3)C[C@@H]12.C[C@]12CC[C@@H]3c4ccc(C(=O)O)cc4CC[C@H]3[C@@H]1C/C(=C\c1cccc(C(N)=O)c1)C2=O.C[C@]12CC[C@@H]3c4ccc(C(=O)O)cc4CC[C@H]3[C@@H]1CCC2=O.C[C@]12CC[C@@H]3c4ccc(C(=O)O)cc4CC[C@H]3[C@@H]1C[C@H](Cc1cccc(C(N)=O)c1)[C@@H]2O. The maximum Gasteiger partial charge on any atom is 0.335 e. The van der Waals surface area contributed by atoms with Crippen molar-refractivity contribution in [3.8, 4) is 0 Å². The maximum atomic E-state index is 13.5. The molecule has 8 fully saturated rings. The van der Waals surface area contributed by atoms with Crippen LogP contribution >= 0.6 is 0 Å². The zero-order chi connectivity index (χ0) is 82.5. The van der Waals surface area contributed by atoms with Gasteiger partial charge in [-0.05, 0) is 393 Å². The van der Waals surface area contributed by atoms with Crippen LogP contribution in [0.4, 0.5) is 0 Å². The Morgan fingerprint density at radius 2 is 0.786 bits per heavy atom. The number of fused-ring (bicyclic) bond motifs is 20. The molecule has 117 heavy (non-hydrogen) atoms. The summed E-state index contributed by atoms with van der Waals surface area (Å²) in [5, 5.41) is 50.7. The molecule has 11 N–H and O–H groups in total. The number of nitrogens with two attached hydrogens (primary N) is 3. The lowest BCUT2D eigenvalue weighted by Crippen LogP contribution is -2.44. The number of allylic oxidation sites excluding steroid dienone is 1. The molecular formula is C101H115N3O13. The molecule has 7 aromatic rings. The van der Waals surface area contributed by atoms with Crippen LogP contribution in [-0.2, 0) is 54.5 Å². The number of aromatic carboxylic acids is 3. The standard InChI is InChI=1S/C28H35NO2.C27H31NO4.C27H27NO4.C19H22O3/c1-3-17-7-9-22-19(13-17)8-10-24-23(22)11-12-28(2)25(24)16-21(26(28)30)15-18-5-4-6-20(14-18)27(29)31;2*1-27-10-9-21-20-7-6-18(26(31)32)13-16(20)5-8-22(21)23(27)14-19(24(27)29)12-15-3-2-4-17(11-15)25(28)30;1-19-9-8-14-13-4-3-12(18(21)22)10-11(13)2-5-15(14)16(19)6-7-17(19)20/h4-7,9,13-14,21,23-26,30H,3,8,10-12,15-16H2,1-2H3,(H2,29,31);2-4,6-7,11,13,19,21-24,29H,5,8-10,12,14H2,1H3,(H2,28,30)(H,31,32);2-4,6-7,11-13,21-23H,5,8-10,14H2,1H3,(H2,28,30)(H,31,32);3-4,10,14-16H,2,5-9H2,1H3,(H,21,22)/b;;19-12+;/t21-,23+,24+,25-,26-,28-;19-,21+,22+,23-,24-,27-;21-,22-,23+,27+;14-,15-,16+,19+/m0011/s1. The minimum absolute atomic E-state index is 0.00793. The zero-order valence-corrected chi connectivity index (χ0v) is 68.4. The Balaban J connectivity index is 0.000000118. The molecule has 0 spiro atoms. The summed E-state index contributed by atoms with van der Waals surface area (Å²) in [6, 6.07) is 46.3. The van der Waals surface area contributed by atoms with Crippen molar-refractivity contribution in [2.75, 3.05) is 0 Å². The van der Waals surface area contributed by atoms with Crippen molar-refractivity contribution < 1.29 is 63.9 Å². The van der Waals surface area contributed by atoms with Gasteiger partial charge < -0.3 is 42.7 Å². The number of aliphatic hydroxyl groups is 2. The van der Waals surface area contributed by atoms with Crippen LogP contribution < -0.4 is 17.2 Å². The van der Waals surface area contributed by atoms with Crippen molar-refractivity contribution in [1.29, 1.82) is 0 Å². The fourth-order valence-corrected chi connectivity index (χ4v) is 26.6. The van der Waals surface area contributed by atoms with Gasteiger partial charge in [-0.2, -0.15) is 0 Å². The van der Waals surface area contributed by atoms with E-state index in [1.54, 1.807) is 59.7 Å². The molecule has 8 saturated carbocycles. The number of carboxylic acids is 3. The highest BCUT2D eigenvalue weighted by atomic mass is 16.4. The average Bonchev–Trinajstić information content (AvgIpc) is 1.41. The molecule has 16 heteroatoms. The minimum atomic E-state index is -0.886. The van der Waals surface area contributed by atoms with E-state index < -0.39 is 29.7 Å². The topological polar surface area (TPSA) is 316 Å². The third-order valence-electron chi connectivity index (χ3n) is 32.6. The minimum Gasteiger partial charge on any atom is -0.478 e. The first-order chi connectivity index (χ1) is 56.0. The molecule has 19 rings (SSSR count). The normalized spacial score (nSPS) is 33.1. The van der Waals surface area contributed by atoms with Crippen LogP contribution in [0, 0.1) is 80.8 Å². The molecule has 0 aliphatic heterocycles. The molecule has 12 aliphatic rings. The molecule has 612 valence electrons. The lowest BCUT2D eigenvalue weighted by atomic mass is 9.55. The van der Waals surface area contributed by atoms with Gasteiger partial charge in [0.15, 0.2) is 5.78 Å². The second kappa shape index (κ2) is 31.9. The van der Waals surface area contributed by atoms with Gasteiger partial charge in [0, 0.05) is 33.9 Å². The summed E-state index contributed by atoms with van der Waals surface area (Å²) in [4.78, 5) is 94.4. The first kappa shape index (κ1) is 81.1. The predicted molar refractivity (Wildman–Crippen MR) is 450 cm³/mol. The van der Waals surface area contributed by atoms with Gasteiger partial charge in [-0.25, -0.2) is 14.4 Å². The van der Waals surface area contributed by atoms with Gasteiger partial charge in [-0.3, -0.25) is 24.0 Å². The molecule has 0 radical (unpaired) electrons. The quantitative estimate of drug-likeness (QED) is 0.0528. The van der Waals surface area contributed by atoms with Crippen LogP contribution in [0.5, 0.6) is 0 Å². The van der Waals surface area contributed by atoms with E-state index in [-0.39, 0.29) is 63.3 Å². The Morgan fingerprint density at radius 1 is 0.402 bits per heavy atom. The number of benzene rings is 7. The van der Waals surface area contributed by atoms with Crippen LogP contribution in [0.25, 0.3) is 6.08 Å². The smallest absolute Gasteiger partial charge is 0.335 e. The summed E-state index contributed by atoms with van der Waals surface area (Å²) in [5.74, 6) is 3.32. The number of amides is 3. The summed E-state index contributed by atoms with van der Waals surface area (Å²) in [6.07, 6.45) is 25.1. The number of aryl methyl sites for hydroxylation is 5. The second-order valence-electron chi connectivity index (χ2n) is 38.3. The third kappa shape index (κ3) is 14.8. The van der Waals surface area contributed by atoms with Crippen LogP contribution in [0.2, 0.25) is 0 Å². The van der Waals surface area contributed by atoms with Crippen LogP contribution in [0.3, 0.4) is 0 Å². The number of Topliss-reactive ketones (excluding diaryl/α,β-unsaturated/α-hetero) is 2. The Morgan fingerprint density at radius 3 is 1.21 bits per heavy atom. The molecule has 16 nitrogen and oxygen atoms in total. The van der Waals surface area contributed by atoms with Gasteiger partial charge in [0.05, 0.1) is 28.9 Å². The monoisotopic (exact) mass is 1580 g/mol. The fourth-order valence-electron chi connectivity index (χ4n) is 26.6. The Labute approximate surface area is 687 Å². The number of carbonyl (C=O) groups is 8. The van der Waals surface area contributed by atoms with Crippen molar-refractivity contribution in [2.24, 2.45) is 98.0 Å². The number of carbonyl (C=O) groups excluding carboxylic acids is 5. The molecule has 0 heterocycles. The molecule has 0 unspecified atom stereocenters. The highest BCUT2D eigenvalue weighted by Gasteiger charge is 2.61. The van der Waals surface area contributed by atoms with E-state index in [0.717, 1.165) is 163 Å². The van der Waals surface area contributed by atoms with Gasteiger partial charge in [0.2, 0.25) is 17.7 Å². The van der Waals surface area contributed by atoms with Crippen LogP contribution in [0.1, 0.15) is 296 Å². The number of carboxylic acid groups (broad SMARTS) is 3. The van der Waals surface area contributed by atoms with Crippen molar-refractivity contribution in [3.05, 3.63) is 251 Å². The lowest BCUT2D eigenvalue weighted by Gasteiger charge is -2.50. The zero-order valence-electron chi connectivity index (χ0n) is 68.4. The molecule has 0 saturated heterocycles. The molecule has 7 aromatic carbocycles. The lowest BCUT2D eigenvalue weighted by molar-refractivity contribution is -0.129. The highest BCUT2D eigenvalue weighted by molar-refractivity contribution is 6.06. The van der Waals surface area contributed by atoms with Crippen molar-refractivity contribution in [3.63, 3.8) is 0 Å². The van der Waals surface area contributed by atoms with E-state index in [9.17, 15) is 58.8 Å².